The zero-order valence-corrected chi connectivity index (χ0v) is 5.96. The van der Waals surface area contributed by atoms with Crippen LogP contribution in [0.4, 0.5) is 0 Å². The van der Waals surface area contributed by atoms with E-state index in [1.807, 2.05) is 0 Å². The van der Waals surface area contributed by atoms with Gasteiger partial charge in [-0.3, -0.25) is 4.79 Å². The van der Waals surface area contributed by atoms with E-state index in [4.69, 9.17) is 4.79 Å². The van der Waals surface area contributed by atoms with E-state index in [2.05, 4.69) is 4.52 Å². The van der Waals surface area contributed by atoms with Crippen LogP contribution < -0.4 is 22.1 Å². The SMILES string of the molecule is O=COP(=O)([O-])[O-].[NH4+].[NH4+]. The Kier molecular flexibility index (Phi) is 9.97. The van der Waals surface area contributed by atoms with E-state index in [0.29, 0.717) is 0 Å². The zero-order valence-electron chi connectivity index (χ0n) is 5.07. The van der Waals surface area contributed by atoms with Gasteiger partial charge in [-0.05, 0) is 0 Å². The van der Waals surface area contributed by atoms with E-state index in [1.165, 1.54) is 0 Å². The van der Waals surface area contributed by atoms with Crippen molar-refractivity contribution in [1.82, 2.24) is 12.3 Å². The summed E-state index contributed by atoms with van der Waals surface area (Å²) in [5.74, 6) is 0. The molecular formula is CH9N2O5P. The predicted molar refractivity (Wildman–Crippen MR) is 26.7 cm³/mol. The topological polar surface area (TPSA) is 162 Å². The Bertz CT molecular complexity index is 108. The lowest BCUT2D eigenvalue weighted by Gasteiger charge is -2.24. The summed E-state index contributed by atoms with van der Waals surface area (Å²) in [5.41, 5.74) is 0. The molecule has 0 fully saturated rings. The Morgan fingerprint density at radius 3 is 1.67 bits per heavy atom. The van der Waals surface area contributed by atoms with Crippen molar-refractivity contribution >= 4 is 14.3 Å². The van der Waals surface area contributed by atoms with Crippen LogP contribution in [0.25, 0.3) is 0 Å². The van der Waals surface area contributed by atoms with Crippen LogP contribution in [-0.2, 0) is 13.9 Å². The van der Waals surface area contributed by atoms with Gasteiger partial charge in [0, 0.05) is 0 Å². The number of hydrogen-bond donors (Lipinski definition) is 2. The lowest BCUT2D eigenvalue weighted by molar-refractivity contribution is -0.336. The first-order valence-corrected chi connectivity index (χ1v) is 2.66. The fourth-order valence-electron chi connectivity index (χ4n) is 0.0527. The first kappa shape index (κ1) is 15.8. The molecule has 0 spiro atoms. The standard InChI is InChI=1S/CH3O5P.2H3N/c2-1-6-7(3,4)5;;/h1H,(H2,3,4,5);2*1H3. The second kappa shape index (κ2) is 5.67. The van der Waals surface area contributed by atoms with Crippen molar-refractivity contribution < 1.29 is 23.7 Å². The number of phosphoric ester groups is 1. The summed E-state index contributed by atoms with van der Waals surface area (Å²) >= 11 is 0. The average molecular weight is 160 g/mol. The van der Waals surface area contributed by atoms with Gasteiger partial charge in [0.2, 0.25) is 0 Å². The van der Waals surface area contributed by atoms with Crippen molar-refractivity contribution in [3.8, 4) is 0 Å². The maximum atomic E-state index is 9.25. The highest BCUT2D eigenvalue weighted by Crippen LogP contribution is 2.21. The second-order valence-electron chi connectivity index (χ2n) is 0.649. The molecule has 58 valence electrons. The van der Waals surface area contributed by atoms with Gasteiger partial charge in [-0.2, -0.15) is 0 Å². The molecule has 0 rings (SSSR count). The number of carbonyl (C=O) groups is 1. The van der Waals surface area contributed by atoms with Crippen LogP contribution in [0, 0.1) is 0 Å². The third-order valence-corrected chi connectivity index (χ3v) is 0.516. The summed E-state index contributed by atoms with van der Waals surface area (Å²) in [4.78, 5) is 27.5. The highest BCUT2D eigenvalue weighted by molar-refractivity contribution is 7.43. The molecule has 0 radical (unpaired) electrons. The Morgan fingerprint density at radius 2 is 1.67 bits per heavy atom. The summed E-state index contributed by atoms with van der Waals surface area (Å²) in [6, 6.07) is 0. The zero-order chi connectivity index (χ0) is 5.91. The molecule has 0 bridgehead atoms. The Balaban J connectivity index is -0.000000180. The van der Waals surface area contributed by atoms with Crippen LogP contribution in [0.2, 0.25) is 0 Å². The molecule has 0 atom stereocenters. The van der Waals surface area contributed by atoms with Crippen molar-refractivity contribution in [1.29, 1.82) is 0 Å². The van der Waals surface area contributed by atoms with Gasteiger partial charge < -0.3 is 31.2 Å². The number of rotatable bonds is 2. The maximum absolute atomic E-state index is 9.25. The molecule has 0 aromatic carbocycles. The first-order valence-electron chi connectivity index (χ1n) is 1.20. The molecule has 8 heteroatoms. The molecule has 0 unspecified atom stereocenters. The monoisotopic (exact) mass is 160 g/mol. The molecule has 9 heavy (non-hydrogen) atoms. The molecule has 0 aromatic rings. The third-order valence-electron chi connectivity index (χ3n) is 0.172. The largest absolute Gasteiger partial charge is 0.780 e. The van der Waals surface area contributed by atoms with E-state index in [9.17, 15) is 14.4 Å². The van der Waals surface area contributed by atoms with Crippen LogP contribution >= 0.6 is 7.82 Å². The predicted octanol–water partition coefficient (Wildman–Crippen LogP) is -1.26. The lowest BCUT2D eigenvalue weighted by Crippen LogP contribution is -2.15. The van der Waals surface area contributed by atoms with Gasteiger partial charge in [0.1, 0.15) is 7.82 Å². The summed E-state index contributed by atoms with van der Waals surface area (Å²) in [6.45, 7) is -0.430. The summed E-state index contributed by atoms with van der Waals surface area (Å²) in [6.07, 6.45) is 0. The van der Waals surface area contributed by atoms with Crippen LogP contribution in [0.3, 0.4) is 0 Å². The second-order valence-corrected chi connectivity index (χ2v) is 1.75. The minimum absolute atomic E-state index is 0. The first-order chi connectivity index (χ1) is 3.06. The molecule has 0 amide bonds. The van der Waals surface area contributed by atoms with Gasteiger partial charge in [-0.1, -0.05) is 0 Å². The quantitative estimate of drug-likeness (QED) is 0.379. The van der Waals surface area contributed by atoms with Crippen LogP contribution in [0.15, 0.2) is 0 Å². The minimum Gasteiger partial charge on any atom is -0.780 e. The smallest absolute Gasteiger partial charge is 0.296 e. The highest BCUT2D eigenvalue weighted by Gasteiger charge is 1.81. The molecule has 8 N–H and O–H groups in total. The van der Waals surface area contributed by atoms with Gasteiger partial charge in [-0.25, -0.2) is 0 Å². The summed E-state index contributed by atoms with van der Waals surface area (Å²) in [7, 11) is -5.03. The van der Waals surface area contributed by atoms with Gasteiger partial charge in [0.05, 0.1) is 0 Å². The van der Waals surface area contributed by atoms with E-state index >= 15 is 0 Å². The average Bonchev–Trinajstić information content (AvgIpc) is 1.30. The molecular weight excluding hydrogens is 151 g/mol. The lowest BCUT2D eigenvalue weighted by atomic mass is 11.7. The van der Waals surface area contributed by atoms with Crippen molar-refractivity contribution in [2.24, 2.45) is 0 Å². The van der Waals surface area contributed by atoms with Crippen LogP contribution in [0.1, 0.15) is 0 Å². The Hall–Kier alpha value is -0.460. The van der Waals surface area contributed by atoms with Crippen molar-refractivity contribution in [2.45, 2.75) is 0 Å². The number of phosphoric acid groups is 1. The molecule has 0 saturated carbocycles. The Labute approximate surface area is 51.4 Å². The van der Waals surface area contributed by atoms with E-state index in [1.54, 1.807) is 0 Å². The normalized spacial score (nSPS) is 8.22. The van der Waals surface area contributed by atoms with Gasteiger partial charge in [-0.15, -0.1) is 0 Å². The maximum Gasteiger partial charge on any atom is 0.296 e. The number of hydrogen-bond acceptors (Lipinski definition) is 5. The van der Waals surface area contributed by atoms with Crippen molar-refractivity contribution in [3.05, 3.63) is 0 Å². The number of carbonyl (C=O) groups excluding carboxylic acids is 1. The third kappa shape index (κ3) is 18.5. The minimum atomic E-state index is -5.03. The summed E-state index contributed by atoms with van der Waals surface area (Å²) < 4.78 is 12.2. The molecule has 0 saturated heterocycles. The molecule has 0 aliphatic carbocycles. The fourth-order valence-corrected chi connectivity index (χ4v) is 0.158. The Morgan fingerprint density at radius 1 is 1.33 bits per heavy atom. The van der Waals surface area contributed by atoms with Gasteiger partial charge >= 0.3 is 0 Å². The van der Waals surface area contributed by atoms with Gasteiger partial charge in [0.15, 0.2) is 0 Å². The van der Waals surface area contributed by atoms with E-state index < -0.39 is 14.3 Å². The van der Waals surface area contributed by atoms with Crippen LogP contribution in [-0.4, -0.2) is 6.47 Å². The van der Waals surface area contributed by atoms with E-state index in [-0.39, 0.29) is 12.3 Å². The fraction of sp³-hybridized carbons (Fsp3) is 0. The molecule has 0 aromatic heterocycles. The van der Waals surface area contributed by atoms with Crippen molar-refractivity contribution in [2.75, 3.05) is 0 Å². The highest BCUT2D eigenvalue weighted by atomic mass is 31.2. The molecule has 0 aliphatic rings. The number of quaternary nitrogens is 2. The van der Waals surface area contributed by atoms with Crippen molar-refractivity contribution in [3.63, 3.8) is 0 Å². The summed E-state index contributed by atoms with van der Waals surface area (Å²) in [5, 5.41) is 0. The van der Waals surface area contributed by atoms with E-state index in [0.717, 1.165) is 0 Å². The van der Waals surface area contributed by atoms with Crippen LogP contribution in [0.5, 0.6) is 0 Å². The van der Waals surface area contributed by atoms with Gasteiger partial charge in [0.25, 0.3) is 6.47 Å². The molecule has 0 heterocycles. The molecule has 0 aliphatic heterocycles. The molecule has 7 nitrogen and oxygen atoms in total.